The van der Waals surface area contributed by atoms with Crippen LogP contribution in [0.2, 0.25) is 0 Å². The molecule has 0 amide bonds. The molecule has 1 aliphatic heterocycles. The highest BCUT2D eigenvalue weighted by Crippen LogP contribution is 2.29. The van der Waals surface area contributed by atoms with Gasteiger partial charge in [-0.05, 0) is 60.8 Å². The summed E-state index contributed by atoms with van der Waals surface area (Å²) in [6.45, 7) is 7.58. The van der Waals surface area contributed by atoms with Gasteiger partial charge in [-0.1, -0.05) is 32.0 Å². The Labute approximate surface area is 122 Å². The Morgan fingerprint density at radius 3 is 2.75 bits per heavy atom. The lowest BCUT2D eigenvalue weighted by atomic mass is 9.83. The fourth-order valence-corrected chi connectivity index (χ4v) is 2.89. The van der Waals surface area contributed by atoms with Crippen molar-refractivity contribution in [3.8, 4) is 0 Å². The molecule has 1 saturated carbocycles. The van der Waals surface area contributed by atoms with Gasteiger partial charge in [0.25, 0.3) is 0 Å². The molecule has 0 unspecified atom stereocenters. The minimum absolute atomic E-state index is 0.428. The Morgan fingerprint density at radius 2 is 1.95 bits per heavy atom. The summed E-state index contributed by atoms with van der Waals surface area (Å²) in [5.74, 6) is 0. The molecule has 0 bridgehead atoms. The molecule has 1 N–H and O–H groups in total. The van der Waals surface area contributed by atoms with Crippen molar-refractivity contribution < 1.29 is 4.74 Å². The number of benzene rings is 1. The fraction of sp³-hybridized carbons (Fsp3) is 0.667. The van der Waals surface area contributed by atoms with Crippen LogP contribution in [0.5, 0.6) is 0 Å². The van der Waals surface area contributed by atoms with E-state index in [1.54, 1.807) is 0 Å². The van der Waals surface area contributed by atoms with E-state index in [1.807, 2.05) is 0 Å². The van der Waals surface area contributed by atoms with Crippen molar-refractivity contribution in [3.05, 3.63) is 34.9 Å². The second-order valence-corrected chi connectivity index (χ2v) is 7.24. The molecule has 20 heavy (non-hydrogen) atoms. The first kappa shape index (κ1) is 14.1. The topological polar surface area (TPSA) is 21.3 Å². The fourth-order valence-electron chi connectivity index (χ4n) is 2.89. The lowest BCUT2D eigenvalue weighted by molar-refractivity contribution is 0.134. The van der Waals surface area contributed by atoms with E-state index in [0.717, 1.165) is 19.3 Å². The molecule has 0 aromatic heterocycles. The van der Waals surface area contributed by atoms with Gasteiger partial charge in [0, 0.05) is 6.04 Å². The summed E-state index contributed by atoms with van der Waals surface area (Å²) in [5.41, 5.74) is 4.67. The molecule has 2 aliphatic rings. The Balaban J connectivity index is 1.47. The van der Waals surface area contributed by atoms with Crippen LogP contribution in [-0.2, 0) is 24.4 Å². The largest absolute Gasteiger partial charge is 0.372 e. The first-order valence-corrected chi connectivity index (χ1v) is 8.04. The molecule has 1 aliphatic carbocycles. The number of aryl methyl sites for hydroxylation is 1. The normalized spacial score (nSPS) is 18.3. The maximum atomic E-state index is 5.49. The maximum Gasteiger partial charge on any atom is 0.0725 e. The van der Waals surface area contributed by atoms with Gasteiger partial charge < -0.3 is 10.1 Å². The van der Waals surface area contributed by atoms with Crippen molar-refractivity contribution >= 4 is 0 Å². The van der Waals surface area contributed by atoms with E-state index in [4.69, 9.17) is 4.74 Å². The minimum atomic E-state index is 0.428. The van der Waals surface area contributed by atoms with Crippen LogP contribution in [0.4, 0.5) is 0 Å². The number of nitrogens with one attached hydrogen (secondary N) is 1. The molecule has 1 aromatic carbocycles. The zero-order valence-electron chi connectivity index (χ0n) is 12.9. The van der Waals surface area contributed by atoms with E-state index >= 15 is 0 Å². The SMILES string of the molecule is CC(C)(CCNC1CC1)CCc1ccc2c(c1)COC2. The van der Waals surface area contributed by atoms with Gasteiger partial charge in [-0.25, -0.2) is 0 Å². The van der Waals surface area contributed by atoms with Gasteiger partial charge >= 0.3 is 0 Å². The van der Waals surface area contributed by atoms with Crippen molar-refractivity contribution in [1.29, 1.82) is 0 Å². The number of rotatable bonds is 7. The number of fused-ring (bicyclic) bond motifs is 1. The van der Waals surface area contributed by atoms with Crippen LogP contribution >= 0.6 is 0 Å². The third-order valence-electron chi connectivity index (χ3n) is 4.69. The second kappa shape index (κ2) is 5.87. The smallest absolute Gasteiger partial charge is 0.0725 e. The lowest BCUT2D eigenvalue weighted by Gasteiger charge is -2.25. The first-order chi connectivity index (χ1) is 9.62. The number of hydrogen-bond acceptors (Lipinski definition) is 2. The molecular weight excluding hydrogens is 246 g/mol. The summed E-state index contributed by atoms with van der Waals surface area (Å²) in [4.78, 5) is 0. The third kappa shape index (κ3) is 3.83. The average molecular weight is 273 g/mol. The maximum absolute atomic E-state index is 5.49. The van der Waals surface area contributed by atoms with Crippen LogP contribution in [0.1, 0.15) is 56.2 Å². The molecule has 110 valence electrons. The molecule has 0 spiro atoms. The predicted octanol–water partition coefficient (Wildman–Crippen LogP) is 3.82. The molecule has 1 fully saturated rings. The Bertz CT molecular complexity index is 462. The van der Waals surface area contributed by atoms with Crippen molar-refractivity contribution in [2.75, 3.05) is 6.54 Å². The van der Waals surface area contributed by atoms with Gasteiger partial charge in [0.1, 0.15) is 0 Å². The van der Waals surface area contributed by atoms with E-state index in [-0.39, 0.29) is 0 Å². The first-order valence-electron chi connectivity index (χ1n) is 8.04. The standard InChI is InChI=1S/C18H27NO/c1-18(2,9-10-19-17-5-6-17)8-7-14-3-4-15-12-20-13-16(15)11-14/h3-4,11,17,19H,5-10,12-13H2,1-2H3. The summed E-state index contributed by atoms with van der Waals surface area (Å²) in [7, 11) is 0. The molecule has 0 atom stereocenters. The van der Waals surface area contributed by atoms with Crippen LogP contribution in [0.25, 0.3) is 0 Å². The minimum Gasteiger partial charge on any atom is -0.372 e. The summed E-state index contributed by atoms with van der Waals surface area (Å²) in [5, 5.41) is 3.63. The summed E-state index contributed by atoms with van der Waals surface area (Å²) in [6.07, 6.45) is 6.50. The molecule has 1 aromatic rings. The van der Waals surface area contributed by atoms with Gasteiger partial charge in [0.15, 0.2) is 0 Å². The molecule has 0 radical (unpaired) electrons. The lowest BCUT2D eigenvalue weighted by Crippen LogP contribution is -2.24. The van der Waals surface area contributed by atoms with E-state index < -0.39 is 0 Å². The van der Waals surface area contributed by atoms with Crippen molar-refractivity contribution in [2.45, 2.75) is 65.2 Å². The predicted molar refractivity (Wildman–Crippen MR) is 82.7 cm³/mol. The van der Waals surface area contributed by atoms with Crippen molar-refractivity contribution in [3.63, 3.8) is 0 Å². The average Bonchev–Trinajstić information content (AvgIpc) is 3.12. The number of ether oxygens (including phenoxy) is 1. The van der Waals surface area contributed by atoms with Crippen molar-refractivity contribution in [1.82, 2.24) is 5.32 Å². The monoisotopic (exact) mass is 273 g/mol. The van der Waals surface area contributed by atoms with Crippen LogP contribution in [0.3, 0.4) is 0 Å². The van der Waals surface area contributed by atoms with Gasteiger partial charge in [0.2, 0.25) is 0 Å². The van der Waals surface area contributed by atoms with Crippen LogP contribution in [-0.4, -0.2) is 12.6 Å². The van der Waals surface area contributed by atoms with Crippen LogP contribution < -0.4 is 5.32 Å². The second-order valence-electron chi connectivity index (χ2n) is 7.24. The molecule has 2 nitrogen and oxygen atoms in total. The summed E-state index contributed by atoms with van der Waals surface area (Å²) < 4.78 is 5.49. The van der Waals surface area contributed by atoms with Crippen molar-refractivity contribution in [2.24, 2.45) is 5.41 Å². The summed E-state index contributed by atoms with van der Waals surface area (Å²) >= 11 is 0. The highest BCUT2D eigenvalue weighted by atomic mass is 16.5. The zero-order valence-corrected chi connectivity index (χ0v) is 12.9. The van der Waals surface area contributed by atoms with Gasteiger partial charge in [0.05, 0.1) is 13.2 Å². The Hall–Kier alpha value is -0.860. The zero-order chi connectivity index (χ0) is 14.0. The van der Waals surface area contributed by atoms with Crippen LogP contribution in [0, 0.1) is 5.41 Å². The quantitative estimate of drug-likeness (QED) is 0.815. The summed E-state index contributed by atoms with van der Waals surface area (Å²) in [6, 6.07) is 7.72. The third-order valence-corrected chi connectivity index (χ3v) is 4.69. The molecule has 0 saturated heterocycles. The van der Waals surface area contributed by atoms with E-state index in [9.17, 15) is 0 Å². The molecule has 3 rings (SSSR count). The highest BCUT2D eigenvalue weighted by molar-refractivity contribution is 5.33. The van der Waals surface area contributed by atoms with Gasteiger partial charge in [-0.15, -0.1) is 0 Å². The molecule has 2 heteroatoms. The van der Waals surface area contributed by atoms with Gasteiger partial charge in [-0.3, -0.25) is 0 Å². The van der Waals surface area contributed by atoms with E-state index in [1.165, 1.54) is 55.3 Å². The molecule has 1 heterocycles. The molecular formula is C18H27NO. The Kier molecular flexibility index (Phi) is 4.13. The van der Waals surface area contributed by atoms with Gasteiger partial charge in [-0.2, -0.15) is 0 Å². The van der Waals surface area contributed by atoms with E-state index in [2.05, 4.69) is 37.4 Å². The van der Waals surface area contributed by atoms with E-state index in [0.29, 0.717) is 5.41 Å². The van der Waals surface area contributed by atoms with Crippen LogP contribution in [0.15, 0.2) is 18.2 Å². The number of hydrogen-bond donors (Lipinski definition) is 1. The Morgan fingerprint density at radius 1 is 1.15 bits per heavy atom. The highest BCUT2D eigenvalue weighted by Gasteiger charge is 2.23.